The number of sulfonamides is 1. The normalized spacial score (nSPS) is 12.9. The van der Waals surface area contributed by atoms with Gasteiger partial charge in [0.25, 0.3) is 10.0 Å². The molecule has 3 rings (SSSR count). The Labute approximate surface area is 240 Å². The molecule has 10 heteroatoms. The van der Waals surface area contributed by atoms with Gasteiger partial charge >= 0.3 is 0 Å². The fourth-order valence-electron chi connectivity index (χ4n) is 3.93. The van der Waals surface area contributed by atoms with Crippen molar-refractivity contribution in [2.75, 3.05) is 10.8 Å². The maximum Gasteiger partial charge on any atom is 0.264 e. The molecule has 0 fully saturated rings. The third-order valence-corrected chi connectivity index (χ3v) is 8.66. The lowest BCUT2D eigenvalue weighted by Gasteiger charge is -2.32. The van der Waals surface area contributed by atoms with E-state index in [9.17, 15) is 18.0 Å². The summed E-state index contributed by atoms with van der Waals surface area (Å²) in [4.78, 5) is 28.4. The molecule has 2 amide bonds. The molecule has 0 saturated heterocycles. The minimum atomic E-state index is -4.16. The number of nitrogens with zero attached hydrogens (tertiary/aromatic N) is 2. The maximum atomic E-state index is 13.9. The van der Waals surface area contributed by atoms with Gasteiger partial charge in [-0.2, -0.15) is 0 Å². The van der Waals surface area contributed by atoms with Crippen LogP contribution >= 0.6 is 23.2 Å². The van der Waals surface area contributed by atoms with Crippen molar-refractivity contribution in [2.24, 2.45) is 0 Å². The zero-order valence-electron chi connectivity index (χ0n) is 22.4. The molecule has 39 heavy (non-hydrogen) atoms. The molecule has 3 aromatic carbocycles. The number of carbonyl (C=O) groups is 2. The molecular weight excluding hydrogens is 557 g/mol. The standard InChI is InChI=1S/C29H33Cl2N3O4S/c1-5-21(3)32-29(36)22(4)33(18-23-9-7-10-25(31)17-23)28(35)19-34(26-11-6-8-20(2)16-26)39(37,38)27-14-12-24(30)13-15-27/h6-17,21-22H,5,18-19H2,1-4H3,(H,32,36)/t21-,22-/m1/s1. The monoisotopic (exact) mass is 589 g/mol. The minimum Gasteiger partial charge on any atom is -0.352 e. The van der Waals surface area contributed by atoms with E-state index in [0.717, 1.165) is 16.3 Å². The average Bonchev–Trinajstić information content (AvgIpc) is 2.89. The second kappa shape index (κ2) is 13.3. The van der Waals surface area contributed by atoms with Gasteiger partial charge in [0.15, 0.2) is 0 Å². The number of carbonyl (C=O) groups excluding carboxylic acids is 2. The van der Waals surface area contributed by atoms with Crippen LogP contribution in [0.4, 0.5) is 5.69 Å². The first-order chi connectivity index (χ1) is 18.4. The van der Waals surface area contributed by atoms with Crippen molar-refractivity contribution in [3.05, 3.63) is 94.0 Å². The van der Waals surface area contributed by atoms with E-state index in [-0.39, 0.29) is 23.4 Å². The van der Waals surface area contributed by atoms with Crippen molar-refractivity contribution in [2.45, 2.75) is 57.6 Å². The second-order valence-electron chi connectivity index (χ2n) is 9.45. The topological polar surface area (TPSA) is 86.8 Å². The van der Waals surface area contributed by atoms with Crippen molar-refractivity contribution >= 4 is 50.7 Å². The van der Waals surface area contributed by atoms with Crippen LogP contribution in [0.5, 0.6) is 0 Å². The highest BCUT2D eigenvalue weighted by molar-refractivity contribution is 7.92. The summed E-state index contributed by atoms with van der Waals surface area (Å²) in [6, 6.07) is 18.7. The molecular formula is C29H33Cl2N3O4S. The molecule has 0 bridgehead atoms. The van der Waals surface area contributed by atoms with E-state index < -0.39 is 28.5 Å². The molecule has 0 unspecified atom stereocenters. The molecule has 0 saturated carbocycles. The highest BCUT2D eigenvalue weighted by Gasteiger charge is 2.32. The van der Waals surface area contributed by atoms with E-state index in [1.165, 1.54) is 29.2 Å². The number of benzene rings is 3. The predicted octanol–water partition coefficient (Wildman–Crippen LogP) is 5.83. The lowest BCUT2D eigenvalue weighted by molar-refractivity contribution is -0.139. The van der Waals surface area contributed by atoms with Gasteiger partial charge in [-0.05, 0) is 86.8 Å². The van der Waals surface area contributed by atoms with Crippen LogP contribution in [0.3, 0.4) is 0 Å². The summed E-state index contributed by atoms with van der Waals surface area (Å²) < 4.78 is 28.7. The lowest BCUT2D eigenvalue weighted by Crippen LogP contribution is -2.52. The van der Waals surface area contributed by atoms with E-state index in [4.69, 9.17) is 23.2 Å². The maximum absolute atomic E-state index is 13.9. The summed E-state index contributed by atoms with van der Waals surface area (Å²) >= 11 is 12.2. The van der Waals surface area contributed by atoms with Crippen molar-refractivity contribution in [1.82, 2.24) is 10.2 Å². The number of hydrogen-bond donors (Lipinski definition) is 1. The number of halogens is 2. The highest BCUT2D eigenvalue weighted by Crippen LogP contribution is 2.26. The number of hydrogen-bond acceptors (Lipinski definition) is 4. The lowest BCUT2D eigenvalue weighted by atomic mass is 10.1. The van der Waals surface area contributed by atoms with Gasteiger partial charge in [0.2, 0.25) is 11.8 Å². The van der Waals surface area contributed by atoms with E-state index in [1.54, 1.807) is 49.4 Å². The molecule has 0 aliphatic heterocycles. The number of aryl methyl sites for hydroxylation is 1. The van der Waals surface area contributed by atoms with Gasteiger partial charge < -0.3 is 10.2 Å². The average molecular weight is 591 g/mol. The number of amides is 2. The van der Waals surface area contributed by atoms with Gasteiger partial charge in [-0.3, -0.25) is 13.9 Å². The van der Waals surface area contributed by atoms with E-state index in [2.05, 4.69) is 5.32 Å². The zero-order valence-corrected chi connectivity index (χ0v) is 24.7. The summed E-state index contributed by atoms with van der Waals surface area (Å²) in [5, 5.41) is 3.79. The van der Waals surface area contributed by atoms with Crippen molar-refractivity contribution in [1.29, 1.82) is 0 Å². The summed E-state index contributed by atoms with van der Waals surface area (Å²) in [5.41, 5.74) is 1.87. The first-order valence-corrected chi connectivity index (χ1v) is 14.8. The number of rotatable bonds is 11. The third-order valence-electron chi connectivity index (χ3n) is 6.38. The first-order valence-electron chi connectivity index (χ1n) is 12.6. The Bertz CT molecular complexity index is 1410. The Morgan fingerprint density at radius 3 is 2.21 bits per heavy atom. The van der Waals surface area contributed by atoms with Crippen LogP contribution < -0.4 is 9.62 Å². The largest absolute Gasteiger partial charge is 0.352 e. The summed E-state index contributed by atoms with van der Waals surface area (Å²) in [6.45, 7) is 6.85. The molecule has 3 aromatic rings. The van der Waals surface area contributed by atoms with Gasteiger partial charge in [0, 0.05) is 22.6 Å². The third kappa shape index (κ3) is 7.97. The number of anilines is 1. The Morgan fingerprint density at radius 1 is 0.923 bits per heavy atom. The van der Waals surface area contributed by atoms with Crippen LogP contribution in [0, 0.1) is 6.92 Å². The molecule has 0 spiro atoms. The Hall–Kier alpha value is -3.07. The molecule has 0 aliphatic carbocycles. The Morgan fingerprint density at radius 2 is 1.59 bits per heavy atom. The summed E-state index contributed by atoms with van der Waals surface area (Å²) in [7, 11) is -4.16. The molecule has 0 aliphatic rings. The highest BCUT2D eigenvalue weighted by atomic mass is 35.5. The van der Waals surface area contributed by atoms with E-state index in [0.29, 0.717) is 21.3 Å². The molecule has 7 nitrogen and oxygen atoms in total. The van der Waals surface area contributed by atoms with Crippen molar-refractivity contribution in [3.63, 3.8) is 0 Å². The Balaban J connectivity index is 2.03. The van der Waals surface area contributed by atoms with E-state index in [1.807, 2.05) is 26.8 Å². The number of nitrogens with one attached hydrogen (secondary N) is 1. The molecule has 208 valence electrons. The molecule has 0 radical (unpaired) electrons. The quantitative estimate of drug-likeness (QED) is 0.305. The Kier molecular flexibility index (Phi) is 10.4. The van der Waals surface area contributed by atoms with Crippen LogP contribution in [0.25, 0.3) is 0 Å². The zero-order chi connectivity index (χ0) is 28.7. The smallest absolute Gasteiger partial charge is 0.264 e. The summed E-state index contributed by atoms with van der Waals surface area (Å²) in [6.07, 6.45) is 0.723. The fraction of sp³-hybridized carbons (Fsp3) is 0.310. The minimum absolute atomic E-state index is 0.00911. The predicted molar refractivity (Wildman–Crippen MR) is 157 cm³/mol. The van der Waals surface area contributed by atoms with Gasteiger partial charge in [-0.1, -0.05) is 54.4 Å². The fourth-order valence-corrected chi connectivity index (χ4v) is 5.67. The molecule has 0 heterocycles. The molecule has 0 aromatic heterocycles. The van der Waals surface area contributed by atoms with Gasteiger partial charge in [-0.25, -0.2) is 8.42 Å². The molecule has 2 atom stereocenters. The van der Waals surface area contributed by atoms with E-state index >= 15 is 0 Å². The van der Waals surface area contributed by atoms with Crippen LogP contribution in [0.1, 0.15) is 38.3 Å². The van der Waals surface area contributed by atoms with Gasteiger partial charge in [0.1, 0.15) is 12.6 Å². The van der Waals surface area contributed by atoms with Gasteiger partial charge in [-0.15, -0.1) is 0 Å². The van der Waals surface area contributed by atoms with Crippen LogP contribution in [0.15, 0.2) is 77.7 Å². The van der Waals surface area contributed by atoms with Crippen molar-refractivity contribution < 1.29 is 18.0 Å². The molecule has 1 N–H and O–H groups in total. The van der Waals surface area contributed by atoms with Crippen LogP contribution in [0.2, 0.25) is 10.0 Å². The van der Waals surface area contributed by atoms with Crippen molar-refractivity contribution in [3.8, 4) is 0 Å². The summed E-state index contributed by atoms with van der Waals surface area (Å²) in [5.74, 6) is -0.872. The van der Waals surface area contributed by atoms with Gasteiger partial charge in [0.05, 0.1) is 10.6 Å². The van der Waals surface area contributed by atoms with Crippen LogP contribution in [-0.4, -0.2) is 43.8 Å². The first kappa shape index (κ1) is 30.5. The van der Waals surface area contributed by atoms with Crippen LogP contribution in [-0.2, 0) is 26.2 Å². The SMILES string of the molecule is CC[C@@H](C)NC(=O)[C@@H](C)N(Cc1cccc(Cl)c1)C(=O)CN(c1cccc(C)c1)S(=O)(=O)c1ccc(Cl)cc1. The second-order valence-corrected chi connectivity index (χ2v) is 12.2.